The molecule has 1 N–H and O–H groups in total. The number of carbonyl (C=O) groups is 2. The monoisotopic (exact) mass is 367 g/mol. The lowest BCUT2D eigenvalue weighted by Crippen LogP contribution is -2.47. The maximum Gasteiger partial charge on any atom is 0.410 e. The quantitative estimate of drug-likeness (QED) is 0.902. The van der Waals surface area contributed by atoms with Crippen molar-refractivity contribution in [1.29, 1.82) is 0 Å². The summed E-state index contributed by atoms with van der Waals surface area (Å²) < 4.78 is 10.9. The molecule has 1 atom stereocenters. The Balaban J connectivity index is 1.53. The molecule has 1 fully saturated rings. The van der Waals surface area contributed by atoms with Crippen molar-refractivity contribution in [3.63, 3.8) is 0 Å². The van der Waals surface area contributed by atoms with Crippen LogP contribution in [0.5, 0.6) is 0 Å². The zero-order valence-electron chi connectivity index (χ0n) is 14.8. The Morgan fingerprint density at radius 3 is 2.33 bits per heavy atom. The van der Waals surface area contributed by atoms with E-state index >= 15 is 0 Å². The number of hydrogen-bond donors (Lipinski definition) is 1. The Morgan fingerprint density at radius 1 is 1.07 bits per heavy atom. The van der Waals surface area contributed by atoms with Crippen LogP contribution < -0.4 is 0 Å². The molecule has 6 nitrogen and oxygen atoms in total. The minimum Gasteiger partial charge on any atom is -0.480 e. The lowest BCUT2D eigenvalue weighted by atomic mass is 9.98. The molecule has 1 aliphatic heterocycles. The average molecular weight is 367 g/mol. The van der Waals surface area contributed by atoms with Gasteiger partial charge in [0.1, 0.15) is 6.61 Å². The third-order valence-electron chi connectivity index (χ3n) is 5.20. The second-order valence-electron chi connectivity index (χ2n) is 6.78. The molecule has 1 aliphatic carbocycles. The van der Waals surface area contributed by atoms with Gasteiger partial charge in [-0.05, 0) is 28.7 Å². The molecule has 6 heteroatoms. The van der Waals surface area contributed by atoms with E-state index in [0.29, 0.717) is 19.6 Å². The number of ether oxygens (including phenoxy) is 2. The van der Waals surface area contributed by atoms with Crippen LogP contribution in [0.15, 0.2) is 48.5 Å². The van der Waals surface area contributed by atoms with Gasteiger partial charge < -0.3 is 14.6 Å². The van der Waals surface area contributed by atoms with Crippen LogP contribution in [0, 0.1) is 0 Å². The third-order valence-corrected chi connectivity index (χ3v) is 5.20. The lowest BCUT2D eigenvalue weighted by molar-refractivity contribution is -0.144. The number of nitrogens with zero attached hydrogens (tertiary/aromatic N) is 1. The standard InChI is InChI=1S/C21H21NO5/c23-20(24)19-13-26-11-5-10-22(19)21(25)27-12-18-16-8-3-1-6-14(16)15-7-2-4-9-17(15)18/h1-4,6-9,18-19H,5,10-13H2,(H,23,24)/t19-/m1/s1. The van der Waals surface area contributed by atoms with E-state index in [4.69, 9.17) is 9.47 Å². The summed E-state index contributed by atoms with van der Waals surface area (Å²) in [5.74, 6) is -1.13. The van der Waals surface area contributed by atoms with Crippen molar-refractivity contribution < 1.29 is 24.2 Å². The molecule has 2 aliphatic rings. The van der Waals surface area contributed by atoms with E-state index in [1.54, 1.807) is 0 Å². The topological polar surface area (TPSA) is 76.1 Å². The first-order valence-electron chi connectivity index (χ1n) is 9.09. The Morgan fingerprint density at radius 2 is 1.70 bits per heavy atom. The van der Waals surface area contributed by atoms with Gasteiger partial charge in [0.05, 0.1) is 6.61 Å². The Bertz CT molecular complexity index is 820. The first-order chi connectivity index (χ1) is 13.2. The third kappa shape index (κ3) is 3.28. The summed E-state index contributed by atoms with van der Waals surface area (Å²) in [5.41, 5.74) is 4.56. The molecule has 0 radical (unpaired) electrons. The Labute approximate surface area is 157 Å². The highest BCUT2D eigenvalue weighted by molar-refractivity contribution is 5.81. The first-order valence-corrected chi connectivity index (χ1v) is 9.09. The molecule has 1 saturated heterocycles. The van der Waals surface area contributed by atoms with E-state index in [0.717, 1.165) is 22.3 Å². The zero-order chi connectivity index (χ0) is 18.8. The molecule has 0 spiro atoms. The van der Waals surface area contributed by atoms with E-state index in [-0.39, 0.29) is 19.1 Å². The summed E-state index contributed by atoms with van der Waals surface area (Å²) in [6, 6.07) is 15.2. The Hall–Kier alpha value is -2.86. The van der Waals surface area contributed by atoms with Crippen LogP contribution in [0.2, 0.25) is 0 Å². The fraction of sp³-hybridized carbons (Fsp3) is 0.333. The van der Waals surface area contributed by atoms with Crippen molar-refractivity contribution in [3.05, 3.63) is 59.7 Å². The van der Waals surface area contributed by atoms with Gasteiger partial charge in [-0.15, -0.1) is 0 Å². The summed E-state index contributed by atoms with van der Waals surface area (Å²) in [6.07, 6.45) is -0.0108. The van der Waals surface area contributed by atoms with Crippen LogP contribution in [0.25, 0.3) is 11.1 Å². The number of carbonyl (C=O) groups excluding carboxylic acids is 1. The van der Waals surface area contributed by atoms with Gasteiger partial charge in [-0.1, -0.05) is 48.5 Å². The number of carboxylic acid groups (broad SMARTS) is 1. The highest BCUT2D eigenvalue weighted by atomic mass is 16.6. The number of amides is 1. The normalized spacial score (nSPS) is 19.1. The molecule has 2 aromatic carbocycles. The van der Waals surface area contributed by atoms with Crippen molar-refractivity contribution in [2.75, 3.05) is 26.4 Å². The molecular weight excluding hydrogens is 346 g/mol. The predicted molar refractivity (Wildman–Crippen MR) is 98.6 cm³/mol. The molecule has 0 unspecified atom stereocenters. The minimum absolute atomic E-state index is 0.0144. The van der Waals surface area contributed by atoms with Crippen molar-refractivity contribution in [2.24, 2.45) is 0 Å². The van der Waals surface area contributed by atoms with Crippen LogP contribution in [0.4, 0.5) is 4.79 Å². The van der Waals surface area contributed by atoms with Crippen LogP contribution in [0.1, 0.15) is 23.5 Å². The second kappa shape index (κ2) is 7.40. The van der Waals surface area contributed by atoms with Crippen molar-refractivity contribution >= 4 is 12.1 Å². The molecule has 1 amide bonds. The summed E-state index contributed by atoms with van der Waals surface area (Å²) in [4.78, 5) is 25.4. The number of aliphatic carboxylic acids is 1. The van der Waals surface area contributed by atoms with Gasteiger partial charge in [0.25, 0.3) is 0 Å². The highest BCUT2D eigenvalue weighted by Gasteiger charge is 2.34. The molecule has 1 heterocycles. The molecule has 140 valence electrons. The molecule has 0 aromatic heterocycles. The molecule has 4 rings (SSSR count). The summed E-state index contributed by atoms with van der Waals surface area (Å²) >= 11 is 0. The van der Waals surface area contributed by atoms with Gasteiger partial charge >= 0.3 is 12.1 Å². The predicted octanol–water partition coefficient (Wildman–Crippen LogP) is 3.11. The summed E-state index contributed by atoms with van der Waals surface area (Å²) in [7, 11) is 0. The van der Waals surface area contributed by atoms with Gasteiger partial charge in [0, 0.05) is 19.1 Å². The van der Waals surface area contributed by atoms with Crippen molar-refractivity contribution in [3.8, 4) is 11.1 Å². The van der Waals surface area contributed by atoms with Crippen LogP contribution in [0.3, 0.4) is 0 Å². The van der Waals surface area contributed by atoms with E-state index in [1.165, 1.54) is 4.90 Å². The number of fused-ring (bicyclic) bond motifs is 3. The highest BCUT2D eigenvalue weighted by Crippen LogP contribution is 2.44. The second-order valence-corrected chi connectivity index (χ2v) is 6.78. The van der Waals surface area contributed by atoms with Gasteiger partial charge in [-0.3, -0.25) is 4.90 Å². The molecule has 0 bridgehead atoms. The SMILES string of the molecule is O=C(O)[C@H]1COCCCN1C(=O)OCC1c2ccccc2-c2ccccc21. The molecule has 2 aromatic rings. The lowest BCUT2D eigenvalue weighted by Gasteiger charge is -2.26. The van der Waals surface area contributed by atoms with Gasteiger partial charge in [0.15, 0.2) is 6.04 Å². The summed E-state index contributed by atoms with van der Waals surface area (Å²) in [6.45, 7) is 0.917. The van der Waals surface area contributed by atoms with E-state index < -0.39 is 18.1 Å². The molecule has 0 saturated carbocycles. The number of benzene rings is 2. The van der Waals surface area contributed by atoms with Gasteiger partial charge in [-0.2, -0.15) is 0 Å². The minimum atomic E-state index is -1.08. The smallest absolute Gasteiger partial charge is 0.410 e. The van der Waals surface area contributed by atoms with E-state index in [1.807, 2.05) is 36.4 Å². The zero-order valence-corrected chi connectivity index (χ0v) is 14.8. The van der Waals surface area contributed by atoms with Crippen molar-refractivity contribution in [2.45, 2.75) is 18.4 Å². The molecular formula is C21H21NO5. The molecule has 27 heavy (non-hydrogen) atoms. The number of rotatable bonds is 3. The van der Waals surface area contributed by atoms with E-state index in [2.05, 4.69) is 12.1 Å². The largest absolute Gasteiger partial charge is 0.480 e. The average Bonchev–Trinajstić information content (AvgIpc) is 2.83. The first kappa shape index (κ1) is 17.5. The van der Waals surface area contributed by atoms with Gasteiger partial charge in [-0.25, -0.2) is 9.59 Å². The van der Waals surface area contributed by atoms with Crippen LogP contribution in [-0.2, 0) is 14.3 Å². The Kier molecular flexibility index (Phi) is 4.81. The van der Waals surface area contributed by atoms with Crippen LogP contribution >= 0.6 is 0 Å². The maximum atomic E-state index is 12.6. The van der Waals surface area contributed by atoms with Gasteiger partial charge in [0.2, 0.25) is 0 Å². The maximum absolute atomic E-state index is 12.6. The summed E-state index contributed by atoms with van der Waals surface area (Å²) in [5, 5.41) is 9.39. The van der Waals surface area contributed by atoms with Crippen LogP contribution in [-0.4, -0.2) is 54.5 Å². The fourth-order valence-electron chi connectivity index (χ4n) is 3.88. The fourth-order valence-corrected chi connectivity index (χ4v) is 3.88. The number of hydrogen-bond acceptors (Lipinski definition) is 4. The number of carboxylic acids is 1. The van der Waals surface area contributed by atoms with Crippen molar-refractivity contribution in [1.82, 2.24) is 4.90 Å². The van der Waals surface area contributed by atoms with E-state index in [9.17, 15) is 14.7 Å².